The van der Waals surface area contributed by atoms with Crippen LogP contribution in [0.5, 0.6) is 0 Å². The van der Waals surface area contributed by atoms with Crippen molar-refractivity contribution in [2.24, 2.45) is 5.73 Å². The van der Waals surface area contributed by atoms with Crippen molar-refractivity contribution in [1.82, 2.24) is 9.97 Å². The molecule has 0 aliphatic carbocycles. The number of H-pyrrole nitrogens is 1. The second-order valence-electron chi connectivity index (χ2n) is 4.81. The second-order valence-corrected chi connectivity index (χ2v) is 4.81. The lowest BCUT2D eigenvalue weighted by Crippen LogP contribution is -2.36. The van der Waals surface area contributed by atoms with Crippen molar-refractivity contribution in [3.63, 3.8) is 0 Å². The highest BCUT2D eigenvalue weighted by Gasteiger charge is 2.26. The zero-order valence-electron chi connectivity index (χ0n) is 11.6. The second kappa shape index (κ2) is 5.42. The average Bonchev–Trinajstić information content (AvgIpc) is 2.97. The summed E-state index contributed by atoms with van der Waals surface area (Å²) in [5.41, 5.74) is 7.57. The van der Waals surface area contributed by atoms with Crippen LogP contribution in [-0.4, -0.2) is 14.9 Å². The number of nitrogens with two attached hydrogens (primary N) is 1. The molecule has 6 heteroatoms. The van der Waals surface area contributed by atoms with Crippen LogP contribution in [0.4, 0.5) is 5.69 Å². The molecule has 20 heavy (non-hydrogen) atoms. The summed E-state index contributed by atoms with van der Waals surface area (Å²) in [5.74, 6) is 0.746. The smallest absolute Gasteiger partial charge is 0.269 e. The number of nitrogens with one attached hydrogen (secondary N) is 1. The third-order valence-electron chi connectivity index (χ3n) is 3.70. The maximum atomic E-state index is 10.6. The van der Waals surface area contributed by atoms with Crippen LogP contribution in [0.2, 0.25) is 0 Å². The van der Waals surface area contributed by atoms with Crippen LogP contribution in [0, 0.1) is 10.1 Å². The number of non-ortho nitro benzene ring substituents is 1. The number of hydrogen-bond acceptors (Lipinski definition) is 4. The summed E-state index contributed by atoms with van der Waals surface area (Å²) < 4.78 is 0. The van der Waals surface area contributed by atoms with Gasteiger partial charge in [-0.05, 0) is 25.0 Å². The Balaban J connectivity index is 2.31. The standard InChI is InChI=1S/C14H18N4O2/c1-3-14(15,4-2)13-16-9-12(17-13)10-5-7-11(8-6-10)18(19)20/h5-9H,3-4,15H2,1-2H3,(H,16,17). The van der Waals surface area contributed by atoms with Crippen LogP contribution in [0.1, 0.15) is 32.5 Å². The number of hydrogen-bond donors (Lipinski definition) is 2. The predicted octanol–water partition coefficient (Wildman–Crippen LogP) is 2.96. The maximum absolute atomic E-state index is 10.6. The molecule has 0 atom stereocenters. The molecule has 0 amide bonds. The molecule has 2 rings (SSSR count). The molecule has 0 bridgehead atoms. The monoisotopic (exact) mass is 274 g/mol. The molecule has 0 aliphatic heterocycles. The summed E-state index contributed by atoms with van der Waals surface area (Å²) in [6.45, 7) is 4.05. The van der Waals surface area contributed by atoms with Gasteiger partial charge in [0.2, 0.25) is 0 Å². The molecule has 0 saturated carbocycles. The molecular weight excluding hydrogens is 256 g/mol. The number of nitro benzene ring substituents is 1. The van der Waals surface area contributed by atoms with E-state index in [1.165, 1.54) is 12.1 Å². The average molecular weight is 274 g/mol. The van der Waals surface area contributed by atoms with Gasteiger partial charge in [-0.1, -0.05) is 13.8 Å². The van der Waals surface area contributed by atoms with Crippen molar-refractivity contribution >= 4 is 5.69 Å². The Kier molecular flexibility index (Phi) is 3.85. The van der Waals surface area contributed by atoms with Gasteiger partial charge in [0.15, 0.2) is 0 Å². The van der Waals surface area contributed by atoms with E-state index in [4.69, 9.17) is 5.73 Å². The Morgan fingerprint density at radius 1 is 1.30 bits per heavy atom. The SMILES string of the molecule is CCC(N)(CC)c1ncc(-c2ccc([N+](=O)[O-])cc2)[nH]1. The summed E-state index contributed by atoms with van der Waals surface area (Å²) in [6, 6.07) is 6.35. The number of imidazole rings is 1. The van der Waals surface area contributed by atoms with Crippen LogP contribution < -0.4 is 5.73 Å². The van der Waals surface area contributed by atoms with Crippen molar-refractivity contribution in [2.75, 3.05) is 0 Å². The Morgan fingerprint density at radius 2 is 1.90 bits per heavy atom. The number of rotatable bonds is 5. The maximum Gasteiger partial charge on any atom is 0.269 e. The minimum absolute atomic E-state index is 0.0729. The normalized spacial score (nSPS) is 11.6. The third kappa shape index (κ3) is 2.55. The topological polar surface area (TPSA) is 97.8 Å². The van der Waals surface area contributed by atoms with Crippen LogP contribution in [0.15, 0.2) is 30.5 Å². The molecule has 0 spiro atoms. The molecule has 1 aromatic heterocycles. The molecule has 1 aromatic carbocycles. The number of benzene rings is 1. The molecule has 0 aliphatic rings. The van der Waals surface area contributed by atoms with Gasteiger partial charge in [0.1, 0.15) is 5.82 Å². The van der Waals surface area contributed by atoms with Gasteiger partial charge in [-0.25, -0.2) is 4.98 Å². The Hall–Kier alpha value is -2.21. The fourth-order valence-electron chi connectivity index (χ4n) is 2.07. The first-order valence-corrected chi connectivity index (χ1v) is 6.59. The third-order valence-corrected chi connectivity index (χ3v) is 3.70. The van der Waals surface area contributed by atoms with Gasteiger partial charge in [-0.3, -0.25) is 10.1 Å². The van der Waals surface area contributed by atoms with Gasteiger partial charge in [0.25, 0.3) is 5.69 Å². The van der Waals surface area contributed by atoms with E-state index >= 15 is 0 Å². The largest absolute Gasteiger partial charge is 0.340 e. The zero-order chi connectivity index (χ0) is 14.8. The first-order chi connectivity index (χ1) is 9.50. The molecule has 106 valence electrons. The fourth-order valence-corrected chi connectivity index (χ4v) is 2.07. The van der Waals surface area contributed by atoms with E-state index in [2.05, 4.69) is 9.97 Å². The summed E-state index contributed by atoms with van der Waals surface area (Å²) in [4.78, 5) is 17.8. The summed E-state index contributed by atoms with van der Waals surface area (Å²) in [7, 11) is 0. The number of aromatic nitrogens is 2. The van der Waals surface area contributed by atoms with Gasteiger partial charge in [-0.15, -0.1) is 0 Å². The highest BCUT2D eigenvalue weighted by Crippen LogP contribution is 2.26. The number of nitrogens with zero attached hydrogens (tertiary/aromatic N) is 2. The first-order valence-electron chi connectivity index (χ1n) is 6.59. The van der Waals surface area contributed by atoms with E-state index in [0.29, 0.717) is 0 Å². The molecule has 2 aromatic rings. The van der Waals surface area contributed by atoms with Crippen LogP contribution in [-0.2, 0) is 5.54 Å². The quantitative estimate of drug-likeness (QED) is 0.646. The van der Waals surface area contributed by atoms with Crippen LogP contribution in [0.25, 0.3) is 11.3 Å². The van der Waals surface area contributed by atoms with Crippen LogP contribution in [0.3, 0.4) is 0 Å². The molecule has 3 N–H and O–H groups in total. The van der Waals surface area contributed by atoms with Gasteiger partial charge in [-0.2, -0.15) is 0 Å². The molecular formula is C14H18N4O2. The lowest BCUT2D eigenvalue weighted by atomic mass is 9.93. The van der Waals surface area contributed by atoms with Gasteiger partial charge >= 0.3 is 0 Å². The van der Waals surface area contributed by atoms with Gasteiger partial charge in [0.05, 0.1) is 22.4 Å². The number of aromatic amines is 1. The molecule has 0 saturated heterocycles. The summed E-state index contributed by atoms with van der Waals surface area (Å²) in [6.07, 6.45) is 3.29. The van der Waals surface area contributed by atoms with Crippen molar-refractivity contribution < 1.29 is 4.92 Å². The minimum Gasteiger partial charge on any atom is -0.340 e. The fraction of sp³-hybridized carbons (Fsp3) is 0.357. The van der Waals surface area contributed by atoms with E-state index in [1.54, 1.807) is 18.3 Å². The molecule has 0 fully saturated rings. The highest BCUT2D eigenvalue weighted by molar-refractivity contribution is 5.60. The van der Waals surface area contributed by atoms with E-state index in [-0.39, 0.29) is 5.69 Å². The highest BCUT2D eigenvalue weighted by atomic mass is 16.6. The molecule has 0 unspecified atom stereocenters. The van der Waals surface area contributed by atoms with Crippen molar-refractivity contribution in [3.05, 3.63) is 46.4 Å². The van der Waals surface area contributed by atoms with Crippen molar-refractivity contribution in [1.29, 1.82) is 0 Å². The van der Waals surface area contributed by atoms with E-state index in [0.717, 1.165) is 29.9 Å². The van der Waals surface area contributed by atoms with Crippen molar-refractivity contribution in [3.8, 4) is 11.3 Å². The Morgan fingerprint density at radius 3 is 2.40 bits per heavy atom. The lowest BCUT2D eigenvalue weighted by molar-refractivity contribution is -0.384. The molecule has 6 nitrogen and oxygen atoms in total. The lowest BCUT2D eigenvalue weighted by Gasteiger charge is -2.23. The molecule has 1 heterocycles. The van der Waals surface area contributed by atoms with Gasteiger partial charge < -0.3 is 10.7 Å². The van der Waals surface area contributed by atoms with E-state index in [1.807, 2.05) is 13.8 Å². The molecule has 0 radical (unpaired) electrons. The summed E-state index contributed by atoms with van der Waals surface area (Å²) in [5, 5.41) is 10.6. The number of nitro groups is 1. The summed E-state index contributed by atoms with van der Waals surface area (Å²) >= 11 is 0. The van der Waals surface area contributed by atoms with E-state index < -0.39 is 10.5 Å². The van der Waals surface area contributed by atoms with Gasteiger partial charge in [0, 0.05) is 17.7 Å². The van der Waals surface area contributed by atoms with Crippen LogP contribution >= 0.6 is 0 Å². The predicted molar refractivity (Wildman–Crippen MR) is 77.1 cm³/mol. The first kappa shape index (κ1) is 14.2. The minimum atomic E-state index is -0.459. The Labute approximate surface area is 117 Å². The Bertz CT molecular complexity index is 600. The van der Waals surface area contributed by atoms with E-state index in [9.17, 15) is 10.1 Å². The van der Waals surface area contributed by atoms with Crippen molar-refractivity contribution in [2.45, 2.75) is 32.2 Å². The zero-order valence-corrected chi connectivity index (χ0v) is 11.6.